The van der Waals surface area contributed by atoms with Crippen LogP contribution in [0.3, 0.4) is 0 Å². The molecule has 0 aliphatic rings. The van der Waals surface area contributed by atoms with Crippen molar-refractivity contribution < 1.29 is 22.4 Å². The van der Waals surface area contributed by atoms with E-state index < -0.39 is 34.3 Å². The summed E-state index contributed by atoms with van der Waals surface area (Å²) in [6.45, 7) is 3.59. The van der Waals surface area contributed by atoms with Gasteiger partial charge in [-0.1, -0.05) is 78.4 Å². The van der Waals surface area contributed by atoms with Gasteiger partial charge in [-0.25, -0.2) is 12.8 Å². The lowest BCUT2D eigenvalue weighted by Gasteiger charge is -2.33. The van der Waals surface area contributed by atoms with Gasteiger partial charge in [-0.2, -0.15) is 0 Å². The summed E-state index contributed by atoms with van der Waals surface area (Å²) < 4.78 is 42.5. The number of halogens is 1. The fourth-order valence-electron chi connectivity index (χ4n) is 4.59. The summed E-state index contributed by atoms with van der Waals surface area (Å²) in [5, 5.41) is 2.84. The van der Waals surface area contributed by atoms with Crippen LogP contribution in [0.15, 0.2) is 114 Å². The minimum absolute atomic E-state index is 0.0169. The van der Waals surface area contributed by atoms with E-state index in [9.17, 15) is 22.4 Å². The normalized spacial score (nSPS) is 11.9. The Labute approximate surface area is 246 Å². The van der Waals surface area contributed by atoms with Gasteiger partial charge in [-0.3, -0.25) is 13.9 Å². The van der Waals surface area contributed by atoms with Crippen molar-refractivity contribution in [2.45, 2.75) is 37.8 Å². The largest absolute Gasteiger partial charge is 0.355 e. The number of anilines is 1. The number of aryl methyl sites for hydroxylation is 1. The van der Waals surface area contributed by atoms with Crippen molar-refractivity contribution in [2.24, 2.45) is 0 Å². The van der Waals surface area contributed by atoms with E-state index in [0.717, 1.165) is 33.1 Å². The molecule has 0 saturated heterocycles. The van der Waals surface area contributed by atoms with Gasteiger partial charge in [0.2, 0.25) is 11.8 Å². The standard InChI is InChI=1S/C33H34FN3O4S/c1-3-35-33(39)31(22-26-10-6-4-7-11-26)36(23-27-16-14-25(2)15-17-27)32(38)24-37(29-20-18-28(34)19-21-29)42(40,41)30-12-8-5-9-13-30/h4-21,31H,3,22-24H2,1-2H3,(H,35,39)/t31-/m1/s1. The van der Waals surface area contributed by atoms with Crippen LogP contribution in [0.4, 0.5) is 10.1 Å². The maximum Gasteiger partial charge on any atom is 0.264 e. The highest BCUT2D eigenvalue weighted by Crippen LogP contribution is 2.25. The van der Waals surface area contributed by atoms with Crippen molar-refractivity contribution in [3.63, 3.8) is 0 Å². The zero-order chi connectivity index (χ0) is 30.1. The quantitative estimate of drug-likeness (QED) is 0.250. The van der Waals surface area contributed by atoms with Crippen LogP contribution in [0, 0.1) is 12.7 Å². The van der Waals surface area contributed by atoms with Gasteiger partial charge in [0.05, 0.1) is 10.6 Å². The Kier molecular flexibility index (Phi) is 10.1. The molecule has 1 N–H and O–H groups in total. The first-order valence-electron chi connectivity index (χ1n) is 13.7. The zero-order valence-corrected chi connectivity index (χ0v) is 24.4. The molecular weight excluding hydrogens is 553 g/mol. The van der Waals surface area contributed by atoms with E-state index in [0.29, 0.717) is 6.54 Å². The number of rotatable bonds is 12. The number of likely N-dealkylation sites (N-methyl/N-ethyl adjacent to an activating group) is 1. The number of carbonyl (C=O) groups excluding carboxylic acids is 2. The maximum atomic E-state index is 14.2. The number of hydrogen-bond acceptors (Lipinski definition) is 4. The summed E-state index contributed by atoms with van der Waals surface area (Å²) in [7, 11) is -4.23. The van der Waals surface area contributed by atoms with Gasteiger partial charge >= 0.3 is 0 Å². The van der Waals surface area contributed by atoms with Crippen LogP contribution in [-0.4, -0.2) is 44.3 Å². The molecule has 0 unspecified atom stereocenters. The van der Waals surface area contributed by atoms with E-state index >= 15 is 0 Å². The van der Waals surface area contributed by atoms with Crippen molar-refractivity contribution in [2.75, 3.05) is 17.4 Å². The lowest BCUT2D eigenvalue weighted by molar-refractivity contribution is -0.140. The molecule has 2 amide bonds. The smallest absolute Gasteiger partial charge is 0.264 e. The van der Waals surface area contributed by atoms with Gasteiger partial charge in [-0.15, -0.1) is 0 Å². The highest BCUT2D eigenvalue weighted by molar-refractivity contribution is 7.92. The number of carbonyl (C=O) groups is 2. The molecule has 0 aliphatic carbocycles. The average Bonchev–Trinajstić information content (AvgIpc) is 3.00. The van der Waals surface area contributed by atoms with Crippen LogP contribution in [-0.2, 0) is 32.6 Å². The van der Waals surface area contributed by atoms with E-state index in [1.54, 1.807) is 25.1 Å². The van der Waals surface area contributed by atoms with Gasteiger partial charge in [0.25, 0.3) is 10.0 Å². The first-order chi connectivity index (χ1) is 20.2. The molecule has 218 valence electrons. The Bertz CT molecular complexity index is 1580. The molecule has 42 heavy (non-hydrogen) atoms. The summed E-state index contributed by atoms with van der Waals surface area (Å²) in [6, 6.07) is 28.7. The van der Waals surface area contributed by atoms with Crippen molar-refractivity contribution in [1.82, 2.24) is 10.2 Å². The molecule has 0 bridgehead atoms. The minimum Gasteiger partial charge on any atom is -0.355 e. The van der Waals surface area contributed by atoms with E-state index in [4.69, 9.17) is 0 Å². The Morgan fingerprint density at radius 1 is 0.810 bits per heavy atom. The third-order valence-electron chi connectivity index (χ3n) is 6.82. The van der Waals surface area contributed by atoms with Crippen molar-refractivity contribution >= 4 is 27.5 Å². The molecule has 0 heterocycles. The Morgan fingerprint density at radius 2 is 1.40 bits per heavy atom. The van der Waals surface area contributed by atoms with E-state index in [-0.39, 0.29) is 29.5 Å². The summed E-state index contributed by atoms with van der Waals surface area (Å²) in [5.41, 5.74) is 2.80. The van der Waals surface area contributed by atoms with Crippen LogP contribution in [0.25, 0.3) is 0 Å². The lowest BCUT2D eigenvalue weighted by atomic mass is 10.0. The molecule has 0 spiro atoms. The van der Waals surface area contributed by atoms with Gasteiger partial charge in [0, 0.05) is 19.5 Å². The number of benzene rings is 4. The minimum atomic E-state index is -4.23. The number of hydrogen-bond donors (Lipinski definition) is 1. The maximum absolute atomic E-state index is 14.2. The van der Waals surface area contributed by atoms with Gasteiger partial charge in [0.1, 0.15) is 18.4 Å². The van der Waals surface area contributed by atoms with Gasteiger partial charge < -0.3 is 10.2 Å². The van der Waals surface area contributed by atoms with Crippen LogP contribution < -0.4 is 9.62 Å². The molecule has 9 heteroatoms. The predicted molar refractivity (Wildman–Crippen MR) is 162 cm³/mol. The second kappa shape index (κ2) is 13.9. The van der Waals surface area contributed by atoms with Crippen LogP contribution in [0.2, 0.25) is 0 Å². The Balaban J connectivity index is 1.78. The number of nitrogens with one attached hydrogen (secondary N) is 1. The fourth-order valence-corrected chi connectivity index (χ4v) is 6.03. The summed E-state index contributed by atoms with van der Waals surface area (Å²) in [6.07, 6.45) is 0.228. The molecule has 4 rings (SSSR count). The summed E-state index contributed by atoms with van der Waals surface area (Å²) >= 11 is 0. The molecule has 0 aliphatic heterocycles. The molecule has 0 fully saturated rings. The van der Waals surface area contributed by atoms with Crippen molar-refractivity contribution in [3.8, 4) is 0 Å². The molecule has 1 atom stereocenters. The van der Waals surface area contributed by atoms with Crippen molar-refractivity contribution in [1.29, 1.82) is 0 Å². The van der Waals surface area contributed by atoms with Crippen molar-refractivity contribution in [3.05, 3.63) is 132 Å². The van der Waals surface area contributed by atoms with Crippen LogP contribution >= 0.6 is 0 Å². The number of sulfonamides is 1. The fraction of sp³-hybridized carbons (Fsp3) is 0.212. The second-order valence-corrected chi connectivity index (χ2v) is 11.8. The monoisotopic (exact) mass is 587 g/mol. The summed E-state index contributed by atoms with van der Waals surface area (Å²) in [4.78, 5) is 29.1. The lowest BCUT2D eigenvalue weighted by Crippen LogP contribution is -2.53. The molecule has 4 aromatic rings. The molecule has 0 aromatic heterocycles. The predicted octanol–water partition coefficient (Wildman–Crippen LogP) is 5.11. The van der Waals surface area contributed by atoms with E-state index in [1.165, 1.54) is 29.2 Å². The average molecular weight is 588 g/mol. The molecule has 7 nitrogen and oxygen atoms in total. The van der Waals surface area contributed by atoms with Crippen LogP contribution in [0.5, 0.6) is 0 Å². The summed E-state index contributed by atoms with van der Waals surface area (Å²) in [5.74, 6) is -1.46. The van der Waals surface area contributed by atoms with Crippen LogP contribution in [0.1, 0.15) is 23.6 Å². The van der Waals surface area contributed by atoms with E-state index in [1.807, 2.05) is 61.5 Å². The van der Waals surface area contributed by atoms with E-state index in [2.05, 4.69) is 5.32 Å². The topological polar surface area (TPSA) is 86.8 Å². The zero-order valence-electron chi connectivity index (χ0n) is 23.6. The number of amides is 2. The first kappa shape index (κ1) is 30.5. The molecule has 4 aromatic carbocycles. The molecular formula is C33H34FN3O4S. The van der Waals surface area contributed by atoms with Gasteiger partial charge in [0.15, 0.2) is 0 Å². The second-order valence-electron chi connectivity index (χ2n) is 9.91. The third kappa shape index (κ3) is 7.61. The van der Waals surface area contributed by atoms with Gasteiger partial charge in [-0.05, 0) is 61.4 Å². The third-order valence-corrected chi connectivity index (χ3v) is 8.61. The molecule has 0 radical (unpaired) electrons. The SMILES string of the molecule is CCNC(=O)[C@@H](Cc1ccccc1)N(Cc1ccc(C)cc1)C(=O)CN(c1ccc(F)cc1)S(=O)(=O)c1ccccc1. The molecule has 0 saturated carbocycles. The highest BCUT2D eigenvalue weighted by Gasteiger charge is 2.34. The number of nitrogens with zero attached hydrogens (tertiary/aromatic N) is 2. The Hall–Kier alpha value is -4.50. The first-order valence-corrected chi connectivity index (χ1v) is 15.1. The highest BCUT2D eigenvalue weighted by atomic mass is 32.2. The Morgan fingerprint density at radius 3 is 2.00 bits per heavy atom.